The van der Waals surface area contributed by atoms with Crippen LogP contribution in [0.5, 0.6) is 0 Å². The molecule has 0 aromatic heterocycles. The summed E-state index contributed by atoms with van der Waals surface area (Å²) in [7, 11) is 0. The van der Waals surface area contributed by atoms with Crippen molar-refractivity contribution in [1.82, 2.24) is 0 Å². The van der Waals surface area contributed by atoms with Crippen molar-refractivity contribution in [2.24, 2.45) is 0 Å². The Balaban J connectivity index is 2.34. The summed E-state index contributed by atoms with van der Waals surface area (Å²) in [5, 5.41) is 0. The van der Waals surface area contributed by atoms with Gasteiger partial charge in [-0.1, -0.05) is 13.3 Å². The molecule has 1 aliphatic heterocycles. The number of hydrogen-bond acceptors (Lipinski definition) is 5. The molecule has 0 spiro atoms. The molecule has 0 N–H and O–H groups in total. The van der Waals surface area contributed by atoms with Crippen LogP contribution in [0.3, 0.4) is 0 Å². The van der Waals surface area contributed by atoms with E-state index >= 15 is 0 Å². The van der Waals surface area contributed by atoms with Crippen LogP contribution in [-0.2, 0) is 23.8 Å². The molecular weight excluding hydrogens is 308 g/mol. The van der Waals surface area contributed by atoms with Gasteiger partial charge in [-0.25, -0.2) is 0 Å². The second-order valence-electron chi connectivity index (χ2n) is 6.87. The minimum Gasteiger partial charge on any atom is -0.466 e. The Kier molecular flexibility index (Phi) is 8.10. The van der Waals surface area contributed by atoms with Crippen molar-refractivity contribution in [2.75, 3.05) is 6.61 Å². The van der Waals surface area contributed by atoms with Gasteiger partial charge in [0.25, 0.3) is 0 Å². The van der Waals surface area contributed by atoms with E-state index in [-0.39, 0.29) is 17.9 Å². The molecule has 24 heavy (non-hydrogen) atoms. The molecule has 138 valence electrons. The first-order valence-electron chi connectivity index (χ1n) is 8.98. The van der Waals surface area contributed by atoms with Crippen LogP contribution in [0.25, 0.3) is 0 Å². The smallest absolute Gasteiger partial charge is 0.305 e. The van der Waals surface area contributed by atoms with Crippen LogP contribution in [0.2, 0.25) is 0 Å². The van der Waals surface area contributed by atoms with E-state index in [1.807, 2.05) is 33.8 Å². The molecule has 2 unspecified atom stereocenters. The number of carbonyl (C=O) groups excluding carboxylic acids is 2. The Morgan fingerprint density at radius 3 is 2.38 bits per heavy atom. The Labute approximate surface area is 145 Å². The van der Waals surface area contributed by atoms with Gasteiger partial charge in [-0.3, -0.25) is 9.59 Å². The zero-order chi connectivity index (χ0) is 18.2. The van der Waals surface area contributed by atoms with Gasteiger partial charge in [0, 0.05) is 12.8 Å². The molecule has 0 aliphatic carbocycles. The average Bonchev–Trinajstić information content (AvgIpc) is 2.74. The Morgan fingerprint density at radius 1 is 1.08 bits per heavy atom. The number of esters is 1. The first-order chi connectivity index (χ1) is 11.2. The van der Waals surface area contributed by atoms with Crippen molar-refractivity contribution in [3.8, 4) is 0 Å². The quantitative estimate of drug-likeness (QED) is 0.342. The molecule has 2 atom stereocenters. The van der Waals surface area contributed by atoms with Gasteiger partial charge in [-0.2, -0.15) is 0 Å². The minimum atomic E-state index is -0.629. The lowest BCUT2D eigenvalue weighted by Gasteiger charge is -2.24. The van der Waals surface area contributed by atoms with E-state index in [1.165, 1.54) is 0 Å². The van der Waals surface area contributed by atoms with Crippen LogP contribution in [0.15, 0.2) is 12.2 Å². The van der Waals surface area contributed by atoms with Crippen molar-refractivity contribution in [3.63, 3.8) is 0 Å². The molecule has 1 aliphatic rings. The van der Waals surface area contributed by atoms with Crippen LogP contribution in [-0.4, -0.2) is 35.9 Å². The summed E-state index contributed by atoms with van der Waals surface area (Å²) < 4.78 is 16.7. The topological polar surface area (TPSA) is 61.8 Å². The number of hydrogen-bond donors (Lipinski definition) is 0. The lowest BCUT2D eigenvalue weighted by molar-refractivity contribution is -0.153. The number of ketones is 1. The third-order valence-corrected chi connectivity index (χ3v) is 4.11. The summed E-state index contributed by atoms with van der Waals surface area (Å²) in [6, 6.07) is 0. The highest BCUT2D eigenvalue weighted by atomic mass is 16.8. The van der Waals surface area contributed by atoms with E-state index in [9.17, 15) is 9.59 Å². The SMILES string of the molecule is CCOC(=O)CCCCCC(=O)/C=C/C1(C)OC(C)(C)OC1CC. The first-order valence-corrected chi connectivity index (χ1v) is 8.98. The largest absolute Gasteiger partial charge is 0.466 e. The highest BCUT2D eigenvalue weighted by molar-refractivity contribution is 5.89. The molecular formula is C19H32O5. The highest BCUT2D eigenvalue weighted by Gasteiger charge is 2.47. The minimum absolute atomic E-state index is 0.0545. The zero-order valence-corrected chi connectivity index (χ0v) is 15.7. The maximum Gasteiger partial charge on any atom is 0.305 e. The van der Waals surface area contributed by atoms with E-state index in [0.29, 0.717) is 19.4 Å². The fourth-order valence-electron chi connectivity index (χ4n) is 3.03. The van der Waals surface area contributed by atoms with Gasteiger partial charge in [-0.15, -0.1) is 0 Å². The van der Waals surface area contributed by atoms with Crippen LogP contribution in [0, 0.1) is 0 Å². The lowest BCUT2D eigenvalue weighted by atomic mass is 9.96. The number of unbranched alkanes of at least 4 members (excludes halogenated alkanes) is 2. The van der Waals surface area contributed by atoms with Crippen molar-refractivity contribution in [3.05, 3.63) is 12.2 Å². The van der Waals surface area contributed by atoms with Gasteiger partial charge >= 0.3 is 5.97 Å². The monoisotopic (exact) mass is 340 g/mol. The average molecular weight is 340 g/mol. The maximum atomic E-state index is 12.0. The molecule has 0 bridgehead atoms. The molecule has 0 aromatic rings. The van der Waals surface area contributed by atoms with Gasteiger partial charge in [0.1, 0.15) is 5.60 Å². The number of ether oxygens (including phenoxy) is 3. The van der Waals surface area contributed by atoms with Crippen molar-refractivity contribution >= 4 is 11.8 Å². The van der Waals surface area contributed by atoms with Gasteiger partial charge in [0.15, 0.2) is 11.6 Å². The molecule has 5 nitrogen and oxygen atoms in total. The molecule has 1 rings (SSSR count). The predicted molar refractivity (Wildman–Crippen MR) is 92.6 cm³/mol. The Bertz CT molecular complexity index is 455. The summed E-state index contributed by atoms with van der Waals surface area (Å²) in [5.74, 6) is -0.714. The molecule has 0 radical (unpaired) electrons. The number of rotatable bonds is 10. The summed E-state index contributed by atoms with van der Waals surface area (Å²) in [6.45, 7) is 10.0. The summed E-state index contributed by atoms with van der Waals surface area (Å²) in [5.41, 5.74) is -0.572. The number of carbonyl (C=O) groups is 2. The third kappa shape index (κ3) is 6.73. The zero-order valence-electron chi connectivity index (χ0n) is 15.7. The van der Waals surface area contributed by atoms with Gasteiger partial charge in [0.2, 0.25) is 0 Å². The molecule has 5 heteroatoms. The van der Waals surface area contributed by atoms with Crippen LogP contribution in [0.1, 0.15) is 73.1 Å². The van der Waals surface area contributed by atoms with Crippen LogP contribution >= 0.6 is 0 Å². The van der Waals surface area contributed by atoms with Gasteiger partial charge in [-0.05, 0) is 59.1 Å². The van der Waals surface area contributed by atoms with E-state index in [1.54, 1.807) is 13.0 Å². The van der Waals surface area contributed by atoms with Crippen molar-refractivity contribution < 1.29 is 23.8 Å². The van der Waals surface area contributed by atoms with Crippen LogP contribution in [0.4, 0.5) is 0 Å². The van der Waals surface area contributed by atoms with E-state index in [4.69, 9.17) is 14.2 Å². The Hall–Kier alpha value is -1.20. The molecule has 0 amide bonds. The van der Waals surface area contributed by atoms with Gasteiger partial charge < -0.3 is 14.2 Å². The summed E-state index contributed by atoms with van der Waals surface area (Å²) >= 11 is 0. The van der Waals surface area contributed by atoms with Crippen LogP contribution < -0.4 is 0 Å². The highest BCUT2D eigenvalue weighted by Crippen LogP contribution is 2.38. The molecule has 0 aromatic carbocycles. The molecule has 0 saturated carbocycles. The molecule has 1 heterocycles. The van der Waals surface area contributed by atoms with Crippen molar-refractivity contribution in [2.45, 2.75) is 90.6 Å². The van der Waals surface area contributed by atoms with Gasteiger partial charge in [0.05, 0.1) is 12.7 Å². The standard InChI is InChI=1S/C19H32O5/c1-6-16-19(5,24-18(3,4)23-16)14-13-15(20)11-9-8-10-12-17(21)22-7-2/h13-14,16H,6-12H2,1-5H3/b14-13+. The molecule has 1 fully saturated rings. The summed E-state index contributed by atoms with van der Waals surface area (Å²) in [4.78, 5) is 23.2. The van der Waals surface area contributed by atoms with Crippen molar-refractivity contribution in [1.29, 1.82) is 0 Å². The maximum absolute atomic E-state index is 12.0. The second-order valence-corrected chi connectivity index (χ2v) is 6.87. The third-order valence-electron chi connectivity index (χ3n) is 4.11. The Morgan fingerprint density at radius 2 is 1.75 bits per heavy atom. The van der Waals surface area contributed by atoms with E-state index in [2.05, 4.69) is 0 Å². The fraction of sp³-hybridized carbons (Fsp3) is 0.789. The predicted octanol–water partition coefficient (Wildman–Crippen LogP) is 3.95. The summed E-state index contributed by atoms with van der Waals surface area (Å²) in [6.07, 6.45) is 7.50. The lowest BCUT2D eigenvalue weighted by Crippen LogP contribution is -2.34. The number of allylic oxidation sites excluding steroid dienone is 1. The van der Waals surface area contributed by atoms with E-state index < -0.39 is 11.4 Å². The molecule has 1 saturated heterocycles. The second kappa shape index (κ2) is 9.33. The normalized spacial score (nSPS) is 26.0. The fourth-order valence-corrected chi connectivity index (χ4v) is 3.03. The first kappa shape index (κ1) is 20.8. The van der Waals surface area contributed by atoms with E-state index in [0.717, 1.165) is 25.7 Å².